The molecule has 3 amide bonds. The van der Waals surface area contributed by atoms with Gasteiger partial charge in [-0.1, -0.05) is 23.7 Å². The molecule has 2 aromatic carbocycles. The monoisotopic (exact) mass is 502 g/mol. The topological polar surface area (TPSA) is 157 Å². The fraction of sp³-hybridized carbons (Fsp3) is 0.333. The van der Waals surface area contributed by atoms with Crippen molar-refractivity contribution in [3.63, 3.8) is 0 Å². The number of phenols is 1. The van der Waals surface area contributed by atoms with Crippen LogP contribution in [0, 0.1) is 5.92 Å². The largest absolute Gasteiger partial charge is 0.508 e. The van der Waals surface area contributed by atoms with Crippen LogP contribution in [0.1, 0.15) is 39.1 Å². The molecule has 0 radical (unpaired) electrons. The molecule has 0 aromatic heterocycles. The highest BCUT2D eigenvalue weighted by atomic mass is 35.5. The number of carbonyl (C=O) groups excluding carboxylic acids is 3. The zero-order valence-corrected chi connectivity index (χ0v) is 19.6. The van der Waals surface area contributed by atoms with Crippen LogP contribution in [-0.4, -0.2) is 59.6 Å². The normalized spacial score (nSPS) is 16.1. The van der Waals surface area contributed by atoms with Gasteiger partial charge in [0.2, 0.25) is 5.91 Å². The lowest BCUT2D eigenvalue weighted by atomic mass is 9.99. The van der Waals surface area contributed by atoms with E-state index >= 15 is 0 Å². The van der Waals surface area contributed by atoms with Crippen molar-refractivity contribution < 1.29 is 29.4 Å². The van der Waals surface area contributed by atoms with E-state index in [2.05, 4.69) is 21.3 Å². The third-order valence-electron chi connectivity index (χ3n) is 5.59. The molecule has 1 saturated heterocycles. The maximum atomic E-state index is 12.6. The highest BCUT2D eigenvalue weighted by Gasteiger charge is 2.26. The minimum Gasteiger partial charge on any atom is -0.508 e. The second-order valence-electron chi connectivity index (χ2n) is 8.20. The van der Waals surface area contributed by atoms with E-state index in [1.165, 1.54) is 30.3 Å². The van der Waals surface area contributed by atoms with Gasteiger partial charge in [0, 0.05) is 25.2 Å². The maximum absolute atomic E-state index is 12.6. The maximum Gasteiger partial charge on any atom is 0.328 e. The van der Waals surface area contributed by atoms with Gasteiger partial charge in [-0.3, -0.25) is 14.4 Å². The molecule has 2 aromatic rings. The van der Waals surface area contributed by atoms with Crippen molar-refractivity contribution in [2.24, 2.45) is 5.92 Å². The number of carbonyl (C=O) groups is 4. The molecule has 0 spiro atoms. The van der Waals surface area contributed by atoms with Crippen LogP contribution < -0.4 is 21.3 Å². The number of nitrogens with one attached hydrogen (secondary N) is 4. The number of hydrogen-bond acceptors (Lipinski definition) is 6. The van der Waals surface area contributed by atoms with Gasteiger partial charge in [0.15, 0.2) is 0 Å². The number of hydrogen-bond donors (Lipinski definition) is 6. The molecule has 1 aliphatic heterocycles. The number of aromatic hydroxyl groups is 1. The first-order valence-corrected chi connectivity index (χ1v) is 11.5. The minimum absolute atomic E-state index is 0.00902. The zero-order chi connectivity index (χ0) is 25.4. The fourth-order valence-electron chi connectivity index (χ4n) is 3.65. The van der Waals surface area contributed by atoms with Crippen LogP contribution in [0.2, 0.25) is 5.02 Å². The number of aliphatic carboxylic acids is 1. The summed E-state index contributed by atoms with van der Waals surface area (Å²) < 4.78 is 0. The van der Waals surface area contributed by atoms with Crippen LogP contribution in [0.15, 0.2) is 42.5 Å². The molecule has 1 fully saturated rings. The Kier molecular flexibility index (Phi) is 9.04. The van der Waals surface area contributed by atoms with Crippen molar-refractivity contribution in [2.45, 2.75) is 25.4 Å². The molecule has 0 bridgehead atoms. The number of amides is 3. The first kappa shape index (κ1) is 26.0. The van der Waals surface area contributed by atoms with Crippen LogP contribution >= 0.6 is 11.6 Å². The van der Waals surface area contributed by atoms with E-state index in [1.807, 2.05) is 0 Å². The van der Waals surface area contributed by atoms with E-state index in [4.69, 9.17) is 11.6 Å². The highest BCUT2D eigenvalue weighted by Crippen LogP contribution is 2.19. The van der Waals surface area contributed by atoms with Crippen molar-refractivity contribution in [2.75, 3.05) is 19.6 Å². The van der Waals surface area contributed by atoms with Crippen LogP contribution in [-0.2, 0) is 16.1 Å². The standard InChI is InChI=1S/C24H27ClN4O6/c25-19-10-15(21(31)27-11-14-3-1-5-17(30)9-14)6-7-18(19)23(33)29-20(24(34)35)13-28-22(32)16-4-2-8-26-12-16/h1,3,5-7,9-10,16,20,26,30H,2,4,8,11-13H2,(H,27,31)(H,28,32)(H,29,33)(H,34,35). The Labute approximate surface area is 207 Å². The second kappa shape index (κ2) is 12.2. The number of benzene rings is 2. The molecule has 0 aliphatic carbocycles. The van der Waals surface area contributed by atoms with Crippen LogP contribution in [0.4, 0.5) is 0 Å². The van der Waals surface area contributed by atoms with E-state index in [0.717, 1.165) is 13.0 Å². The van der Waals surface area contributed by atoms with Crippen molar-refractivity contribution in [1.29, 1.82) is 0 Å². The molecule has 6 N–H and O–H groups in total. The Balaban J connectivity index is 1.57. The summed E-state index contributed by atoms with van der Waals surface area (Å²) in [6.07, 6.45) is 1.58. The molecule has 0 saturated carbocycles. The molecule has 2 atom stereocenters. The van der Waals surface area contributed by atoms with Crippen LogP contribution in [0.3, 0.4) is 0 Å². The van der Waals surface area contributed by atoms with E-state index in [9.17, 15) is 29.4 Å². The number of phenolic OH excluding ortho intramolecular Hbond substituents is 1. The molecular formula is C24H27ClN4O6. The van der Waals surface area contributed by atoms with Crippen molar-refractivity contribution in [1.82, 2.24) is 21.3 Å². The molecule has 11 heteroatoms. The first-order chi connectivity index (χ1) is 16.7. The summed E-state index contributed by atoms with van der Waals surface area (Å²) in [5, 5.41) is 29.7. The van der Waals surface area contributed by atoms with Crippen molar-refractivity contribution >= 4 is 35.3 Å². The predicted molar refractivity (Wildman–Crippen MR) is 128 cm³/mol. The lowest BCUT2D eigenvalue weighted by Crippen LogP contribution is -2.50. The Morgan fingerprint density at radius 3 is 2.54 bits per heavy atom. The van der Waals surface area contributed by atoms with Gasteiger partial charge in [0.25, 0.3) is 11.8 Å². The predicted octanol–water partition coefficient (Wildman–Crippen LogP) is 1.27. The summed E-state index contributed by atoms with van der Waals surface area (Å²) in [5.41, 5.74) is 0.895. The van der Waals surface area contributed by atoms with E-state index in [-0.39, 0.29) is 46.8 Å². The van der Waals surface area contributed by atoms with Crippen LogP contribution in [0.5, 0.6) is 5.75 Å². The van der Waals surface area contributed by atoms with Crippen molar-refractivity contribution in [3.05, 3.63) is 64.2 Å². The average Bonchev–Trinajstić information content (AvgIpc) is 2.85. The van der Waals surface area contributed by atoms with E-state index < -0.39 is 23.8 Å². The summed E-state index contributed by atoms with van der Waals surface area (Å²) in [7, 11) is 0. The van der Waals surface area contributed by atoms with Gasteiger partial charge in [0.1, 0.15) is 11.8 Å². The lowest BCUT2D eigenvalue weighted by molar-refractivity contribution is -0.139. The van der Waals surface area contributed by atoms with Gasteiger partial charge >= 0.3 is 5.97 Å². The Hall–Kier alpha value is -3.63. The minimum atomic E-state index is -1.36. The van der Waals surface area contributed by atoms with E-state index in [1.54, 1.807) is 12.1 Å². The summed E-state index contributed by atoms with van der Waals surface area (Å²) in [6, 6.07) is 9.11. The van der Waals surface area contributed by atoms with Gasteiger partial charge < -0.3 is 31.5 Å². The summed E-state index contributed by atoms with van der Waals surface area (Å²) in [4.78, 5) is 49.0. The van der Waals surface area contributed by atoms with Gasteiger partial charge in [-0.05, 0) is 55.3 Å². The van der Waals surface area contributed by atoms with Crippen LogP contribution in [0.25, 0.3) is 0 Å². The highest BCUT2D eigenvalue weighted by molar-refractivity contribution is 6.34. The molecule has 1 aliphatic rings. The third-order valence-corrected chi connectivity index (χ3v) is 5.90. The van der Waals surface area contributed by atoms with Gasteiger partial charge in [-0.2, -0.15) is 0 Å². The SMILES string of the molecule is O=C(NCc1cccc(O)c1)c1ccc(C(=O)NC(CNC(=O)C2CCCNC2)C(=O)O)c(Cl)c1. The molecule has 3 rings (SSSR count). The second-order valence-corrected chi connectivity index (χ2v) is 8.61. The number of rotatable bonds is 9. The van der Waals surface area contributed by atoms with E-state index in [0.29, 0.717) is 18.5 Å². The Morgan fingerprint density at radius 1 is 1.09 bits per heavy atom. The number of carboxylic acids is 1. The van der Waals surface area contributed by atoms with Crippen molar-refractivity contribution in [3.8, 4) is 5.75 Å². The average molecular weight is 503 g/mol. The summed E-state index contributed by atoms with van der Waals surface area (Å²) >= 11 is 6.20. The summed E-state index contributed by atoms with van der Waals surface area (Å²) in [6.45, 7) is 1.27. The van der Waals surface area contributed by atoms with Gasteiger partial charge in [-0.15, -0.1) is 0 Å². The molecule has 186 valence electrons. The molecule has 2 unspecified atom stereocenters. The van der Waals surface area contributed by atoms with Gasteiger partial charge in [0.05, 0.1) is 16.5 Å². The molecule has 35 heavy (non-hydrogen) atoms. The zero-order valence-electron chi connectivity index (χ0n) is 18.8. The molecule has 10 nitrogen and oxygen atoms in total. The third kappa shape index (κ3) is 7.43. The van der Waals surface area contributed by atoms with Gasteiger partial charge in [-0.25, -0.2) is 4.79 Å². The summed E-state index contributed by atoms with van der Waals surface area (Å²) in [5.74, 6) is -2.92. The lowest BCUT2D eigenvalue weighted by Gasteiger charge is -2.23. The number of piperidine rings is 1. The quantitative estimate of drug-likeness (QED) is 0.301. The number of carboxylic acid groups (broad SMARTS) is 1. The smallest absolute Gasteiger partial charge is 0.328 e. The first-order valence-electron chi connectivity index (χ1n) is 11.1. The number of halogens is 1. The molecular weight excluding hydrogens is 476 g/mol. The Morgan fingerprint density at radius 2 is 1.89 bits per heavy atom. The molecule has 1 heterocycles. The fourth-order valence-corrected chi connectivity index (χ4v) is 3.92. The Bertz CT molecular complexity index is 1100.